The zero-order chi connectivity index (χ0) is 12.8. The Balaban J connectivity index is 2.41. The Bertz CT molecular complexity index is 355. The molecule has 4 heteroatoms. The maximum Gasteiger partial charge on any atom is 0.0542 e. The molecule has 0 bridgehead atoms. The van der Waals surface area contributed by atoms with Gasteiger partial charge in [-0.1, -0.05) is 44.0 Å². The van der Waals surface area contributed by atoms with Crippen molar-refractivity contribution in [2.45, 2.75) is 31.7 Å². The van der Waals surface area contributed by atoms with Crippen molar-refractivity contribution in [1.29, 1.82) is 0 Å². The van der Waals surface area contributed by atoms with E-state index in [0.717, 1.165) is 27.2 Å². The van der Waals surface area contributed by atoms with Crippen LogP contribution >= 0.6 is 35.0 Å². The average molecular weight is 292 g/mol. The Labute approximate surface area is 118 Å². The molecule has 0 aliphatic rings. The molecule has 0 aliphatic carbocycles. The van der Waals surface area contributed by atoms with E-state index in [1.54, 1.807) is 11.8 Å². The molecule has 1 N–H and O–H groups in total. The molecule has 0 spiro atoms. The molecule has 1 aromatic carbocycles. The third-order valence-corrected chi connectivity index (χ3v) is 4.35. The van der Waals surface area contributed by atoms with Gasteiger partial charge in [0.2, 0.25) is 0 Å². The van der Waals surface area contributed by atoms with Crippen molar-refractivity contribution in [3.05, 3.63) is 28.2 Å². The summed E-state index contributed by atoms with van der Waals surface area (Å²) in [5.41, 5.74) is 0. The molecule has 17 heavy (non-hydrogen) atoms. The largest absolute Gasteiger partial charge is 0.314 e. The topological polar surface area (TPSA) is 12.0 Å². The van der Waals surface area contributed by atoms with Crippen LogP contribution in [0.4, 0.5) is 0 Å². The lowest BCUT2D eigenvalue weighted by atomic mass is 10.2. The maximum atomic E-state index is 6.11. The quantitative estimate of drug-likeness (QED) is 0.761. The summed E-state index contributed by atoms with van der Waals surface area (Å²) in [4.78, 5) is 1.07. The van der Waals surface area contributed by atoms with Gasteiger partial charge in [0.1, 0.15) is 0 Å². The van der Waals surface area contributed by atoms with Gasteiger partial charge in [0.05, 0.1) is 5.02 Å². The SMILES string of the molecule is CC(CNC(C)C)CSc1cc(Cl)ccc1Cl. The average Bonchev–Trinajstić information content (AvgIpc) is 2.27. The van der Waals surface area contributed by atoms with Crippen molar-refractivity contribution in [3.63, 3.8) is 0 Å². The summed E-state index contributed by atoms with van der Waals surface area (Å²) in [5.74, 6) is 1.65. The second-order valence-electron chi connectivity index (χ2n) is 4.55. The second-order valence-corrected chi connectivity index (χ2v) is 6.46. The van der Waals surface area contributed by atoms with Gasteiger partial charge in [0, 0.05) is 21.7 Å². The van der Waals surface area contributed by atoms with Crippen molar-refractivity contribution < 1.29 is 0 Å². The zero-order valence-electron chi connectivity index (χ0n) is 10.5. The van der Waals surface area contributed by atoms with Gasteiger partial charge < -0.3 is 5.32 Å². The van der Waals surface area contributed by atoms with Crippen molar-refractivity contribution in [2.75, 3.05) is 12.3 Å². The smallest absolute Gasteiger partial charge is 0.0542 e. The fourth-order valence-electron chi connectivity index (χ4n) is 1.32. The highest BCUT2D eigenvalue weighted by Gasteiger charge is 2.07. The Morgan fingerprint density at radius 2 is 1.94 bits per heavy atom. The van der Waals surface area contributed by atoms with Crippen LogP contribution in [0.5, 0.6) is 0 Å². The monoisotopic (exact) mass is 291 g/mol. The lowest BCUT2D eigenvalue weighted by Gasteiger charge is -2.14. The minimum absolute atomic E-state index is 0.539. The lowest BCUT2D eigenvalue weighted by molar-refractivity contribution is 0.510. The first-order valence-corrected chi connectivity index (χ1v) is 7.54. The third-order valence-electron chi connectivity index (χ3n) is 2.29. The molecule has 1 unspecified atom stereocenters. The highest BCUT2D eigenvalue weighted by Crippen LogP contribution is 2.30. The van der Waals surface area contributed by atoms with Crippen LogP contribution in [0.3, 0.4) is 0 Å². The Morgan fingerprint density at radius 1 is 1.24 bits per heavy atom. The molecule has 0 saturated heterocycles. The predicted molar refractivity (Wildman–Crippen MR) is 79.5 cm³/mol. The van der Waals surface area contributed by atoms with Gasteiger partial charge in [-0.15, -0.1) is 11.8 Å². The fourth-order valence-corrected chi connectivity index (χ4v) is 2.83. The van der Waals surface area contributed by atoms with Crippen LogP contribution in [0.1, 0.15) is 20.8 Å². The predicted octanol–water partition coefficient (Wildman–Crippen LogP) is 4.72. The van der Waals surface area contributed by atoms with Crippen LogP contribution in [-0.4, -0.2) is 18.3 Å². The van der Waals surface area contributed by atoms with Gasteiger partial charge in [-0.25, -0.2) is 0 Å². The van der Waals surface area contributed by atoms with Crippen LogP contribution in [0.15, 0.2) is 23.1 Å². The van der Waals surface area contributed by atoms with E-state index in [-0.39, 0.29) is 0 Å². The third kappa shape index (κ3) is 6.01. The molecule has 0 amide bonds. The highest BCUT2D eigenvalue weighted by atomic mass is 35.5. The maximum absolute atomic E-state index is 6.11. The van der Waals surface area contributed by atoms with Crippen molar-refractivity contribution in [1.82, 2.24) is 5.32 Å². The molecule has 0 saturated carbocycles. The van der Waals surface area contributed by atoms with Crippen LogP contribution < -0.4 is 5.32 Å². The van der Waals surface area contributed by atoms with E-state index in [0.29, 0.717) is 12.0 Å². The number of halogens is 2. The molecule has 0 radical (unpaired) electrons. The molecule has 1 aromatic rings. The molecule has 0 aromatic heterocycles. The second kappa shape index (κ2) is 7.52. The number of rotatable bonds is 6. The summed E-state index contributed by atoms with van der Waals surface area (Å²) < 4.78 is 0. The van der Waals surface area contributed by atoms with E-state index in [4.69, 9.17) is 23.2 Å². The molecule has 0 heterocycles. The fraction of sp³-hybridized carbons (Fsp3) is 0.538. The number of thioether (sulfide) groups is 1. The summed E-state index contributed by atoms with van der Waals surface area (Å²) in [6.07, 6.45) is 0. The molecule has 96 valence electrons. The van der Waals surface area contributed by atoms with E-state index in [1.165, 1.54) is 0 Å². The zero-order valence-corrected chi connectivity index (χ0v) is 12.8. The number of nitrogens with one attached hydrogen (secondary N) is 1. The van der Waals surface area contributed by atoms with Crippen molar-refractivity contribution in [3.8, 4) is 0 Å². The van der Waals surface area contributed by atoms with E-state index >= 15 is 0 Å². The molecular weight excluding hydrogens is 273 g/mol. The summed E-state index contributed by atoms with van der Waals surface area (Å²) >= 11 is 13.8. The van der Waals surface area contributed by atoms with Crippen molar-refractivity contribution in [2.24, 2.45) is 5.92 Å². The lowest BCUT2D eigenvalue weighted by Crippen LogP contribution is -2.28. The normalized spacial score (nSPS) is 13.1. The Hall–Kier alpha value is 0.110. The molecule has 0 fully saturated rings. The first-order valence-electron chi connectivity index (χ1n) is 5.80. The Morgan fingerprint density at radius 3 is 2.59 bits per heavy atom. The summed E-state index contributed by atoms with van der Waals surface area (Å²) in [7, 11) is 0. The van der Waals surface area contributed by atoms with Gasteiger partial charge in [0.25, 0.3) is 0 Å². The summed E-state index contributed by atoms with van der Waals surface area (Å²) in [6.45, 7) is 7.59. The minimum Gasteiger partial charge on any atom is -0.314 e. The van der Waals surface area contributed by atoms with Crippen LogP contribution in [0.25, 0.3) is 0 Å². The molecule has 0 aliphatic heterocycles. The van der Waals surface area contributed by atoms with Crippen LogP contribution in [0.2, 0.25) is 10.0 Å². The molecule has 1 atom stereocenters. The summed E-state index contributed by atoms with van der Waals surface area (Å²) in [6, 6.07) is 6.13. The molecule has 1 nitrogen and oxygen atoms in total. The standard InChI is InChI=1S/C13H19Cl2NS/c1-9(2)16-7-10(3)8-17-13-6-11(14)4-5-12(13)15/h4-6,9-10,16H,7-8H2,1-3H3. The number of benzene rings is 1. The van der Waals surface area contributed by atoms with Gasteiger partial charge in [-0.3, -0.25) is 0 Å². The van der Waals surface area contributed by atoms with Gasteiger partial charge >= 0.3 is 0 Å². The van der Waals surface area contributed by atoms with Crippen LogP contribution in [0, 0.1) is 5.92 Å². The molecule has 1 rings (SSSR count). The van der Waals surface area contributed by atoms with E-state index in [9.17, 15) is 0 Å². The minimum atomic E-state index is 0.539. The summed E-state index contributed by atoms with van der Waals surface area (Å²) in [5, 5.41) is 4.96. The van der Waals surface area contributed by atoms with Crippen LogP contribution in [-0.2, 0) is 0 Å². The van der Waals surface area contributed by atoms with Gasteiger partial charge in [0.15, 0.2) is 0 Å². The van der Waals surface area contributed by atoms with E-state index in [2.05, 4.69) is 26.1 Å². The molecular formula is C13H19Cl2NS. The first-order chi connectivity index (χ1) is 7.99. The van der Waals surface area contributed by atoms with E-state index < -0.39 is 0 Å². The van der Waals surface area contributed by atoms with E-state index in [1.807, 2.05) is 18.2 Å². The van der Waals surface area contributed by atoms with Gasteiger partial charge in [-0.05, 0) is 30.7 Å². The first kappa shape index (κ1) is 15.2. The number of hydrogen-bond donors (Lipinski definition) is 1. The Kier molecular flexibility index (Phi) is 6.71. The van der Waals surface area contributed by atoms with Crippen molar-refractivity contribution >= 4 is 35.0 Å². The van der Waals surface area contributed by atoms with Gasteiger partial charge in [-0.2, -0.15) is 0 Å². The highest BCUT2D eigenvalue weighted by molar-refractivity contribution is 7.99. The number of hydrogen-bond acceptors (Lipinski definition) is 2.